The molecule has 2 unspecified atom stereocenters. The number of aromatic amines is 1. The zero-order chi connectivity index (χ0) is 13.5. The lowest BCUT2D eigenvalue weighted by Gasteiger charge is -2.31. The molecule has 1 fully saturated rings. The van der Waals surface area contributed by atoms with Crippen LogP contribution >= 0.6 is 0 Å². The predicted molar refractivity (Wildman–Crippen MR) is 78.6 cm³/mol. The summed E-state index contributed by atoms with van der Waals surface area (Å²) in [6.45, 7) is 0. The first-order chi connectivity index (χ1) is 9.83. The van der Waals surface area contributed by atoms with Crippen molar-refractivity contribution in [3.8, 4) is 0 Å². The van der Waals surface area contributed by atoms with E-state index in [0.717, 1.165) is 29.5 Å². The third kappa shape index (κ3) is 1.68. The molecule has 0 spiro atoms. The van der Waals surface area contributed by atoms with Crippen molar-refractivity contribution < 1.29 is 4.79 Å². The van der Waals surface area contributed by atoms with Gasteiger partial charge in [-0.2, -0.15) is 5.10 Å². The Labute approximate surface area is 116 Å². The zero-order valence-corrected chi connectivity index (χ0v) is 11.0. The Bertz CT molecular complexity index is 741. The number of rotatable bonds is 2. The highest BCUT2D eigenvalue weighted by Crippen LogP contribution is 2.40. The maximum Gasteiger partial charge on any atom is 0.273 e. The SMILES string of the molecule is O=C(NN=C1CC2C=CCC12)c1c[nH]c2ccccc12. The van der Waals surface area contributed by atoms with Crippen LogP contribution in [-0.2, 0) is 0 Å². The molecule has 0 saturated heterocycles. The molecule has 4 rings (SSSR count). The Morgan fingerprint density at radius 2 is 2.25 bits per heavy atom. The quantitative estimate of drug-likeness (QED) is 0.636. The number of amides is 1. The first-order valence-electron chi connectivity index (χ1n) is 6.92. The number of nitrogens with zero attached hydrogens (tertiary/aromatic N) is 1. The summed E-state index contributed by atoms with van der Waals surface area (Å²) in [6.07, 6.45) is 8.24. The molecular weight excluding hydrogens is 250 g/mol. The van der Waals surface area contributed by atoms with Crippen molar-refractivity contribution in [2.75, 3.05) is 0 Å². The highest BCUT2D eigenvalue weighted by atomic mass is 16.2. The summed E-state index contributed by atoms with van der Waals surface area (Å²) >= 11 is 0. The molecule has 2 aromatic rings. The molecule has 20 heavy (non-hydrogen) atoms. The van der Waals surface area contributed by atoms with Crippen molar-refractivity contribution in [3.05, 3.63) is 48.2 Å². The van der Waals surface area contributed by atoms with Gasteiger partial charge in [-0.1, -0.05) is 30.4 Å². The standard InChI is InChI=1S/C16H15N3O/c20-16(13-9-17-14-7-2-1-5-12(13)14)19-18-15-8-10-4-3-6-11(10)15/h1-5,7,9-11,17H,6,8H2,(H,19,20). The minimum atomic E-state index is -0.149. The normalized spacial score (nSPS) is 25.7. The van der Waals surface area contributed by atoms with E-state index in [0.29, 0.717) is 17.4 Å². The van der Waals surface area contributed by atoms with E-state index in [2.05, 4.69) is 27.7 Å². The third-order valence-corrected chi connectivity index (χ3v) is 4.30. The summed E-state index contributed by atoms with van der Waals surface area (Å²) in [6, 6.07) is 7.77. The van der Waals surface area contributed by atoms with Crippen molar-refractivity contribution in [1.82, 2.24) is 10.4 Å². The second-order valence-corrected chi connectivity index (χ2v) is 5.43. The maximum atomic E-state index is 12.2. The number of benzene rings is 1. The molecule has 2 atom stereocenters. The van der Waals surface area contributed by atoms with Gasteiger partial charge in [-0.25, -0.2) is 5.43 Å². The molecular formula is C16H15N3O. The van der Waals surface area contributed by atoms with E-state index in [1.165, 1.54) is 0 Å². The van der Waals surface area contributed by atoms with Gasteiger partial charge in [0, 0.05) is 28.7 Å². The number of hydrazone groups is 1. The fraction of sp³-hybridized carbons (Fsp3) is 0.250. The molecule has 2 aliphatic carbocycles. The molecule has 0 aliphatic heterocycles. The zero-order valence-electron chi connectivity index (χ0n) is 11.0. The molecule has 1 aromatic carbocycles. The van der Waals surface area contributed by atoms with E-state index >= 15 is 0 Å². The lowest BCUT2D eigenvalue weighted by molar-refractivity contribution is 0.0955. The number of carbonyl (C=O) groups is 1. The first-order valence-corrected chi connectivity index (χ1v) is 6.92. The fourth-order valence-electron chi connectivity index (χ4n) is 3.11. The second kappa shape index (κ2) is 4.34. The Hall–Kier alpha value is -2.36. The van der Waals surface area contributed by atoms with Gasteiger partial charge in [0.25, 0.3) is 5.91 Å². The van der Waals surface area contributed by atoms with Gasteiger partial charge in [0.05, 0.1) is 5.56 Å². The van der Waals surface area contributed by atoms with Crippen molar-refractivity contribution in [1.29, 1.82) is 0 Å². The molecule has 2 N–H and O–H groups in total. The van der Waals surface area contributed by atoms with Gasteiger partial charge in [0.2, 0.25) is 0 Å². The molecule has 100 valence electrons. The number of para-hydroxylation sites is 1. The van der Waals surface area contributed by atoms with Crippen LogP contribution in [0.25, 0.3) is 10.9 Å². The highest BCUT2D eigenvalue weighted by molar-refractivity contribution is 6.07. The van der Waals surface area contributed by atoms with Crippen LogP contribution in [0.4, 0.5) is 0 Å². The van der Waals surface area contributed by atoms with Gasteiger partial charge in [-0.15, -0.1) is 0 Å². The van der Waals surface area contributed by atoms with Crippen molar-refractivity contribution >= 4 is 22.5 Å². The van der Waals surface area contributed by atoms with Crippen LogP contribution < -0.4 is 5.43 Å². The number of carbonyl (C=O) groups excluding carboxylic acids is 1. The lowest BCUT2D eigenvalue weighted by Crippen LogP contribution is -2.35. The first kappa shape index (κ1) is 11.5. The van der Waals surface area contributed by atoms with E-state index in [4.69, 9.17) is 0 Å². The number of nitrogens with one attached hydrogen (secondary N) is 2. The van der Waals surface area contributed by atoms with Crippen molar-refractivity contribution in [2.45, 2.75) is 12.8 Å². The molecule has 1 amide bonds. The predicted octanol–water partition coefficient (Wildman–Crippen LogP) is 2.85. The van der Waals surface area contributed by atoms with Gasteiger partial charge in [0.1, 0.15) is 0 Å². The molecule has 1 heterocycles. The van der Waals surface area contributed by atoms with Gasteiger partial charge in [-0.05, 0) is 24.8 Å². The average Bonchev–Trinajstić information content (AvgIpc) is 3.03. The molecule has 0 bridgehead atoms. The molecule has 4 heteroatoms. The molecule has 2 aliphatic rings. The monoisotopic (exact) mass is 265 g/mol. The maximum absolute atomic E-state index is 12.2. The summed E-state index contributed by atoms with van der Waals surface area (Å²) in [5.74, 6) is 1.03. The Balaban J connectivity index is 1.52. The summed E-state index contributed by atoms with van der Waals surface area (Å²) in [4.78, 5) is 15.3. The van der Waals surface area contributed by atoms with Crippen molar-refractivity contribution in [2.24, 2.45) is 16.9 Å². The van der Waals surface area contributed by atoms with Gasteiger partial charge >= 0.3 is 0 Å². The van der Waals surface area contributed by atoms with Crippen LogP contribution in [0.5, 0.6) is 0 Å². The van der Waals surface area contributed by atoms with Crippen LogP contribution in [0, 0.1) is 11.8 Å². The van der Waals surface area contributed by atoms with E-state index in [1.54, 1.807) is 6.20 Å². The summed E-state index contributed by atoms with van der Waals surface area (Å²) in [7, 11) is 0. The lowest BCUT2D eigenvalue weighted by atomic mass is 9.74. The number of hydrogen-bond donors (Lipinski definition) is 2. The highest BCUT2D eigenvalue weighted by Gasteiger charge is 2.38. The smallest absolute Gasteiger partial charge is 0.273 e. The van der Waals surface area contributed by atoms with E-state index in [9.17, 15) is 4.79 Å². The summed E-state index contributed by atoms with van der Waals surface area (Å²) in [5.41, 5.74) is 5.42. The van der Waals surface area contributed by atoms with Crippen LogP contribution in [0.15, 0.2) is 47.7 Å². The Morgan fingerprint density at radius 1 is 1.35 bits per heavy atom. The van der Waals surface area contributed by atoms with Gasteiger partial charge < -0.3 is 4.98 Å². The Kier molecular flexibility index (Phi) is 2.49. The molecule has 1 saturated carbocycles. The topological polar surface area (TPSA) is 57.2 Å². The third-order valence-electron chi connectivity index (χ3n) is 4.30. The minimum absolute atomic E-state index is 0.149. The fourth-order valence-corrected chi connectivity index (χ4v) is 3.11. The van der Waals surface area contributed by atoms with Crippen LogP contribution in [0.1, 0.15) is 23.2 Å². The van der Waals surface area contributed by atoms with E-state index in [-0.39, 0.29) is 5.91 Å². The number of H-pyrrole nitrogens is 1. The molecule has 0 radical (unpaired) electrons. The second-order valence-electron chi connectivity index (χ2n) is 5.43. The minimum Gasteiger partial charge on any atom is -0.360 e. The summed E-state index contributed by atoms with van der Waals surface area (Å²) in [5, 5.41) is 5.23. The largest absolute Gasteiger partial charge is 0.360 e. The number of hydrogen-bond acceptors (Lipinski definition) is 2. The number of aromatic nitrogens is 1. The van der Waals surface area contributed by atoms with Crippen LogP contribution in [-0.4, -0.2) is 16.6 Å². The number of fused-ring (bicyclic) bond motifs is 2. The van der Waals surface area contributed by atoms with E-state index in [1.807, 2.05) is 24.3 Å². The van der Waals surface area contributed by atoms with E-state index < -0.39 is 0 Å². The average molecular weight is 265 g/mol. The summed E-state index contributed by atoms with van der Waals surface area (Å²) < 4.78 is 0. The molecule has 1 aromatic heterocycles. The molecule has 4 nitrogen and oxygen atoms in total. The van der Waals surface area contributed by atoms with Crippen LogP contribution in [0.2, 0.25) is 0 Å². The Morgan fingerprint density at radius 3 is 3.15 bits per heavy atom. The van der Waals surface area contributed by atoms with Gasteiger partial charge in [-0.3, -0.25) is 4.79 Å². The van der Waals surface area contributed by atoms with Crippen LogP contribution in [0.3, 0.4) is 0 Å². The van der Waals surface area contributed by atoms with Crippen molar-refractivity contribution in [3.63, 3.8) is 0 Å². The number of allylic oxidation sites excluding steroid dienone is 2. The van der Waals surface area contributed by atoms with Gasteiger partial charge in [0.15, 0.2) is 0 Å².